The highest BCUT2D eigenvalue weighted by Crippen LogP contribution is 2.31. The molecule has 0 saturated carbocycles. The molecule has 6 nitrogen and oxygen atoms in total. The number of imidazole rings is 1. The highest BCUT2D eigenvalue weighted by atomic mass is 32.2. The van der Waals surface area contributed by atoms with E-state index in [2.05, 4.69) is 14.7 Å². The number of anilines is 1. The summed E-state index contributed by atoms with van der Waals surface area (Å²) in [5.74, 6) is 0. The van der Waals surface area contributed by atoms with Gasteiger partial charge in [-0.25, -0.2) is 18.1 Å². The van der Waals surface area contributed by atoms with Crippen LogP contribution in [-0.4, -0.2) is 25.4 Å². The monoisotopic (exact) mass is 284 g/mol. The van der Waals surface area contributed by atoms with Crippen molar-refractivity contribution in [1.82, 2.24) is 14.7 Å². The van der Waals surface area contributed by atoms with Gasteiger partial charge < -0.3 is 10.7 Å². The first kappa shape index (κ1) is 12.9. The SMILES string of the molecule is CNS(=O)(=O)c1ccc(N)c(Sc2ncc[nH]2)c1. The molecule has 0 aliphatic rings. The number of aromatic amines is 1. The molecule has 0 atom stereocenters. The maximum absolute atomic E-state index is 11.7. The zero-order valence-corrected chi connectivity index (χ0v) is 11.2. The lowest BCUT2D eigenvalue weighted by molar-refractivity contribution is 0.588. The van der Waals surface area contributed by atoms with Crippen LogP contribution in [0.3, 0.4) is 0 Å². The minimum absolute atomic E-state index is 0.174. The van der Waals surface area contributed by atoms with Crippen molar-refractivity contribution in [2.45, 2.75) is 14.9 Å². The van der Waals surface area contributed by atoms with Gasteiger partial charge in [-0.1, -0.05) is 0 Å². The molecule has 1 aromatic carbocycles. The first-order chi connectivity index (χ1) is 8.53. The zero-order chi connectivity index (χ0) is 13.2. The summed E-state index contributed by atoms with van der Waals surface area (Å²) >= 11 is 1.28. The molecule has 0 unspecified atom stereocenters. The Morgan fingerprint density at radius 2 is 2.22 bits per heavy atom. The Labute approximate surface area is 109 Å². The van der Waals surface area contributed by atoms with Crippen LogP contribution >= 0.6 is 11.8 Å². The van der Waals surface area contributed by atoms with E-state index < -0.39 is 10.0 Å². The standard InChI is InChI=1S/C10H12N4O2S2/c1-12-18(15,16)7-2-3-8(11)9(6-7)17-10-13-4-5-14-10/h2-6,12H,11H2,1H3,(H,13,14). The van der Waals surface area contributed by atoms with Crippen molar-refractivity contribution >= 4 is 27.5 Å². The van der Waals surface area contributed by atoms with E-state index in [0.717, 1.165) is 0 Å². The number of nitrogens with two attached hydrogens (primary N) is 1. The lowest BCUT2D eigenvalue weighted by atomic mass is 10.3. The van der Waals surface area contributed by atoms with Crippen molar-refractivity contribution < 1.29 is 8.42 Å². The lowest BCUT2D eigenvalue weighted by Crippen LogP contribution is -2.18. The third kappa shape index (κ3) is 2.66. The molecule has 0 bridgehead atoms. The molecular weight excluding hydrogens is 272 g/mol. The van der Waals surface area contributed by atoms with E-state index in [1.807, 2.05) is 0 Å². The highest BCUT2D eigenvalue weighted by molar-refractivity contribution is 7.99. The summed E-state index contributed by atoms with van der Waals surface area (Å²) in [5, 5.41) is 0.653. The molecule has 0 saturated heterocycles. The van der Waals surface area contributed by atoms with Crippen LogP contribution in [0.15, 0.2) is 45.5 Å². The van der Waals surface area contributed by atoms with Gasteiger partial charge in [0.25, 0.3) is 0 Å². The summed E-state index contributed by atoms with van der Waals surface area (Å²) in [5.41, 5.74) is 6.32. The van der Waals surface area contributed by atoms with Crippen LogP contribution < -0.4 is 10.5 Å². The summed E-state index contributed by atoms with van der Waals surface area (Å²) in [6.07, 6.45) is 3.30. The Hall–Kier alpha value is -1.51. The van der Waals surface area contributed by atoms with Crippen molar-refractivity contribution in [3.05, 3.63) is 30.6 Å². The van der Waals surface area contributed by atoms with Gasteiger partial charge in [0.15, 0.2) is 5.16 Å². The van der Waals surface area contributed by atoms with E-state index in [4.69, 9.17) is 5.73 Å². The molecule has 0 fully saturated rings. The van der Waals surface area contributed by atoms with Gasteiger partial charge in [0.1, 0.15) is 0 Å². The van der Waals surface area contributed by atoms with Crippen LogP contribution in [0.5, 0.6) is 0 Å². The molecule has 0 amide bonds. The number of nitrogens with zero attached hydrogens (tertiary/aromatic N) is 1. The van der Waals surface area contributed by atoms with Crippen LogP contribution in [0.4, 0.5) is 5.69 Å². The van der Waals surface area contributed by atoms with E-state index in [1.54, 1.807) is 18.5 Å². The van der Waals surface area contributed by atoms with Crippen molar-refractivity contribution in [3.63, 3.8) is 0 Å². The number of benzene rings is 1. The molecule has 0 radical (unpaired) electrons. The van der Waals surface area contributed by atoms with E-state index in [0.29, 0.717) is 15.7 Å². The molecule has 1 heterocycles. The fourth-order valence-electron chi connectivity index (χ4n) is 1.30. The largest absolute Gasteiger partial charge is 0.398 e. The predicted octanol–water partition coefficient (Wildman–Crippen LogP) is 1.05. The molecular formula is C10H12N4O2S2. The van der Waals surface area contributed by atoms with Gasteiger partial charge in [-0.2, -0.15) is 0 Å². The molecule has 0 spiro atoms. The number of hydrogen-bond acceptors (Lipinski definition) is 5. The van der Waals surface area contributed by atoms with Gasteiger partial charge >= 0.3 is 0 Å². The molecule has 96 valence electrons. The molecule has 8 heteroatoms. The van der Waals surface area contributed by atoms with Crippen LogP contribution in [0.2, 0.25) is 0 Å². The van der Waals surface area contributed by atoms with Crippen molar-refractivity contribution in [1.29, 1.82) is 0 Å². The molecule has 0 aliphatic carbocycles. The van der Waals surface area contributed by atoms with Gasteiger partial charge in [-0.15, -0.1) is 0 Å². The second-order valence-corrected chi connectivity index (χ2v) is 6.32. The van der Waals surface area contributed by atoms with Crippen molar-refractivity contribution in [2.24, 2.45) is 0 Å². The summed E-state index contributed by atoms with van der Waals surface area (Å²) in [6.45, 7) is 0. The number of hydrogen-bond donors (Lipinski definition) is 3. The fourth-order valence-corrected chi connectivity index (χ4v) is 2.95. The van der Waals surface area contributed by atoms with Gasteiger partial charge in [-0.05, 0) is 37.0 Å². The van der Waals surface area contributed by atoms with Crippen LogP contribution in [0.25, 0.3) is 0 Å². The van der Waals surface area contributed by atoms with Crippen LogP contribution in [0.1, 0.15) is 0 Å². The maximum Gasteiger partial charge on any atom is 0.240 e. The van der Waals surface area contributed by atoms with E-state index >= 15 is 0 Å². The Kier molecular flexibility index (Phi) is 3.60. The number of aromatic nitrogens is 2. The number of nitrogen functional groups attached to an aromatic ring is 1. The second-order valence-electron chi connectivity index (χ2n) is 3.40. The van der Waals surface area contributed by atoms with Gasteiger partial charge in [0.05, 0.1) is 4.90 Å². The van der Waals surface area contributed by atoms with Crippen LogP contribution in [0, 0.1) is 0 Å². The average molecular weight is 284 g/mol. The number of H-pyrrole nitrogens is 1. The fraction of sp³-hybridized carbons (Fsp3) is 0.100. The summed E-state index contributed by atoms with van der Waals surface area (Å²) < 4.78 is 25.6. The molecule has 2 rings (SSSR count). The highest BCUT2D eigenvalue weighted by Gasteiger charge is 2.14. The lowest BCUT2D eigenvalue weighted by Gasteiger charge is -2.07. The smallest absolute Gasteiger partial charge is 0.240 e. The van der Waals surface area contributed by atoms with E-state index in [9.17, 15) is 8.42 Å². The molecule has 1 aromatic heterocycles. The molecule has 0 aliphatic heterocycles. The van der Waals surface area contributed by atoms with Gasteiger partial charge in [-0.3, -0.25) is 0 Å². The Morgan fingerprint density at radius 1 is 1.44 bits per heavy atom. The molecule has 4 N–H and O–H groups in total. The molecule has 18 heavy (non-hydrogen) atoms. The number of nitrogens with one attached hydrogen (secondary N) is 2. The first-order valence-electron chi connectivity index (χ1n) is 5.03. The summed E-state index contributed by atoms with van der Waals surface area (Å²) in [4.78, 5) is 7.78. The minimum Gasteiger partial charge on any atom is -0.398 e. The van der Waals surface area contributed by atoms with E-state index in [-0.39, 0.29) is 4.90 Å². The van der Waals surface area contributed by atoms with Gasteiger partial charge in [0, 0.05) is 23.0 Å². The summed E-state index contributed by atoms with van der Waals surface area (Å²) in [6, 6.07) is 4.55. The predicted molar refractivity (Wildman–Crippen MR) is 69.8 cm³/mol. The Bertz CT molecular complexity index is 638. The number of sulfonamides is 1. The molecule has 2 aromatic rings. The van der Waals surface area contributed by atoms with Crippen molar-refractivity contribution in [2.75, 3.05) is 12.8 Å². The quantitative estimate of drug-likeness (QED) is 0.729. The maximum atomic E-state index is 11.7. The van der Waals surface area contributed by atoms with E-state index in [1.165, 1.54) is 30.9 Å². The average Bonchev–Trinajstić information content (AvgIpc) is 2.84. The van der Waals surface area contributed by atoms with Crippen LogP contribution in [-0.2, 0) is 10.0 Å². The normalized spacial score (nSPS) is 11.6. The third-order valence-corrected chi connectivity index (χ3v) is 4.65. The second kappa shape index (κ2) is 5.01. The van der Waals surface area contributed by atoms with Crippen molar-refractivity contribution in [3.8, 4) is 0 Å². The minimum atomic E-state index is -3.47. The zero-order valence-electron chi connectivity index (χ0n) is 9.54. The first-order valence-corrected chi connectivity index (χ1v) is 7.33. The Balaban J connectivity index is 2.39. The topological polar surface area (TPSA) is 101 Å². The van der Waals surface area contributed by atoms with Gasteiger partial charge in [0.2, 0.25) is 10.0 Å². The Morgan fingerprint density at radius 3 is 2.83 bits per heavy atom. The summed E-state index contributed by atoms with van der Waals surface area (Å²) in [7, 11) is -2.10. The number of rotatable bonds is 4. The third-order valence-electron chi connectivity index (χ3n) is 2.24.